The summed E-state index contributed by atoms with van der Waals surface area (Å²) < 4.78 is 0. The summed E-state index contributed by atoms with van der Waals surface area (Å²) in [5, 5.41) is 17.2. The van der Waals surface area contributed by atoms with Crippen LogP contribution in [-0.2, 0) is 9.59 Å². The molecule has 252 valence electrons. The number of carbonyl (C=O) groups excluding carboxylic acids is 3. The minimum Gasteiger partial charge on any atom is -0.478 e. The van der Waals surface area contributed by atoms with Crippen molar-refractivity contribution in [3.05, 3.63) is 160 Å². The molecule has 5 rings (SSSR count). The summed E-state index contributed by atoms with van der Waals surface area (Å²) in [6.07, 6.45) is 1.61. The van der Waals surface area contributed by atoms with Gasteiger partial charge in [0.25, 0.3) is 11.8 Å². The molecule has 1 atom stereocenters. The first-order chi connectivity index (χ1) is 24.1. The lowest BCUT2D eigenvalue weighted by Crippen LogP contribution is -2.30. The third kappa shape index (κ3) is 9.40. The van der Waals surface area contributed by atoms with E-state index in [2.05, 4.69) is 16.0 Å². The first-order valence-electron chi connectivity index (χ1n) is 15.4. The van der Waals surface area contributed by atoms with Gasteiger partial charge in [-0.2, -0.15) is 0 Å². The Morgan fingerprint density at radius 3 is 2.00 bits per heavy atom. The average Bonchev–Trinajstić information content (AvgIpc) is 3.12. The number of amides is 3. The predicted octanol–water partition coefficient (Wildman–Crippen LogP) is 7.99. The number of benzene rings is 5. The van der Waals surface area contributed by atoms with Crippen molar-refractivity contribution < 1.29 is 24.3 Å². The van der Waals surface area contributed by atoms with Crippen molar-refractivity contribution >= 4 is 70.2 Å². The molecule has 0 aliphatic rings. The maximum absolute atomic E-state index is 13.6. The Kier molecular flexibility index (Phi) is 11.7. The molecule has 0 saturated carbocycles. The molecule has 0 saturated heterocycles. The Hall–Kier alpha value is -5.84. The van der Waals surface area contributed by atoms with E-state index < -0.39 is 23.0 Å². The highest BCUT2D eigenvalue weighted by atomic mass is 35.5. The van der Waals surface area contributed by atoms with Gasteiger partial charge in [-0.3, -0.25) is 14.4 Å². The van der Waals surface area contributed by atoms with Gasteiger partial charge in [-0.05, 0) is 83.9 Å². The minimum atomic E-state index is -1.20. The number of halogens is 1. The number of carbonyl (C=O) groups is 4. The second-order valence-corrected chi connectivity index (χ2v) is 12.8. The molecule has 3 amide bonds. The smallest absolute Gasteiger partial charge is 0.337 e. The summed E-state index contributed by atoms with van der Waals surface area (Å²) in [5.74, 6) is -2.50. The first-order valence-corrected chi connectivity index (χ1v) is 16.7. The normalized spacial score (nSPS) is 11.6. The van der Waals surface area contributed by atoms with Crippen molar-refractivity contribution in [2.45, 2.75) is 10.1 Å². The maximum Gasteiger partial charge on any atom is 0.337 e. The second-order valence-electron chi connectivity index (χ2n) is 11.2. The number of carboxylic acid groups (broad SMARTS) is 1. The number of nitrogens with one attached hydrogen (secondary N) is 3. The van der Waals surface area contributed by atoms with Gasteiger partial charge >= 0.3 is 5.97 Å². The predicted molar refractivity (Wildman–Crippen MR) is 200 cm³/mol. The van der Waals surface area contributed by atoms with Crippen LogP contribution in [0.15, 0.2) is 138 Å². The highest BCUT2D eigenvalue weighted by molar-refractivity contribution is 8.00. The Labute approximate surface area is 299 Å². The fourth-order valence-corrected chi connectivity index (χ4v) is 6.03. The van der Waals surface area contributed by atoms with Crippen LogP contribution in [-0.4, -0.2) is 42.9 Å². The van der Waals surface area contributed by atoms with Crippen LogP contribution in [0.25, 0.3) is 6.08 Å². The zero-order valence-electron chi connectivity index (χ0n) is 27.1. The van der Waals surface area contributed by atoms with E-state index in [4.69, 9.17) is 11.6 Å². The lowest BCUT2D eigenvalue weighted by Gasteiger charge is -2.18. The van der Waals surface area contributed by atoms with Crippen molar-refractivity contribution in [3.63, 3.8) is 0 Å². The van der Waals surface area contributed by atoms with Crippen molar-refractivity contribution in [1.82, 2.24) is 5.32 Å². The second kappa shape index (κ2) is 16.5. The molecule has 0 radical (unpaired) electrons. The Morgan fingerprint density at radius 2 is 1.38 bits per heavy atom. The molecule has 0 bridgehead atoms. The monoisotopic (exact) mass is 704 g/mol. The zero-order chi connectivity index (χ0) is 35.6. The van der Waals surface area contributed by atoms with Gasteiger partial charge < -0.3 is 26.0 Å². The van der Waals surface area contributed by atoms with Gasteiger partial charge in [-0.25, -0.2) is 4.79 Å². The molecule has 11 heteroatoms. The third-order valence-corrected chi connectivity index (χ3v) is 9.02. The van der Waals surface area contributed by atoms with Gasteiger partial charge in [0.2, 0.25) is 5.91 Å². The summed E-state index contributed by atoms with van der Waals surface area (Å²) in [6, 6.07) is 36.6. The Balaban J connectivity index is 1.34. The van der Waals surface area contributed by atoms with Crippen LogP contribution in [0, 0.1) is 0 Å². The van der Waals surface area contributed by atoms with E-state index in [1.807, 2.05) is 73.6 Å². The number of nitrogens with zero attached hydrogens (tertiary/aromatic N) is 1. The molecule has 5 aromatic rings. The van der Waals surface area contributed by atoms with E-state index >= 15 is 0 Å². The van der Waals surface area contributed by atoms with Crippen LogP contribution in [0.1, 0.15) is 37.1 Å². The Bertz CT molecular complexity index is 2020. The highest BCUT2D eigenvalue weighted by Crippen LogP contribution is 2.37. The SMILES string of the molecule is CN(C)c1ccc(/C=C(\NC(=O)c2ccccc2)C(=O)Nc2ccc(SC(C(=O)Nc3ccc(Cl)c(C(=O)O)c3)c3ccccc3)cc2)cc1. The number of thioether (sulfide) groups is 1. The number of hydrogen-bond acceptors (Lipinski definition) is 6. The van der Waals surface area contributed by atoms with Gasteiger partial charge in [-0.1, -0.05) is 72.3 Å². The topological polar surface area (TPSA) is 128 Å². The van der Waals surface area contributed by atoms with E-state index in [1.54, 1.807) is 66.7 Å². The molecule has 0 fully saturated rings. The summed E-state index contributed by atoms with van der Waals surface area (Å²) in [4.78, 5) is 54.4. The van der Waals surface area contributed by atoms with Crippen LogP contribution in [0.5, 0.6) is 0 Å². The fraction of sp³-hybridized carbons (Fsp3) is 0.0769. The summed E-state index contributed by atoms with van der Waals surface area (Å²) in [7, 11) is 3.87. The van der Waals surface area contributed by atoms with E-state index in [9.17, 15) is 24.3 Å². The standard InChI is InChI=1S/C39H33ClN4O5S/c1-44(2)30-18-13-25(14-19-30)23-34(43-36(45)27-11-7-4-8-12-27)37(46)41-28-15-20-31(21-16-28)50-35(26-9-5-3-6-10-26)38(47)42-29-17-22-33(40)32(24-29)39(48)49/h3-24,35H,1-2H3,(H,41,46)(H,42,47)(H,43,45)(H,48,49)/b34-23-. The van der Waals surface area contributed by atoms with Crippen LogP contribution < -0.4 is 20.9 Å². The van der Waals surface area contributed by atoms with E-state index in [1.165, 1.54) is 23.9 Å². The van der Waals surface area contributed by atoms with Crippen molar-refractivity contribution in [2.75, 3.05) is 29.6 Å². The van der Waals surface area contributed by atoms with Gasteiger partial charge in [-0.15, -0.1) is 11.8 Å². The maximum atomic E-state index is 13.6. The van der Waals surface area contributed by atoms with Crippen LogP contribution >= 0.6 is 23.4 Å². The molecule has 1 unspecified atom stereocenters. The highest BCUT2D eigenvalue weighted by Gasteiger charge is 2.23. The molecule has 4 N–H and O–H groups in total. The van der Waals surface area contributed by atoms with E-state index in [0.29, 0.717) is 16.9 Å². The molecule has 9 nitrogen and oxygen atoms in total. The van der Waals surface area contributed by atoms with Gasteiger partial charge in [0, 0.05) is 41.6 Å². The fourth-order valence-electron chi connectivity index (χ4n) is 4.80. The largest absolute Gasteiger partial charge is 0.478 e. The summed E-state index contributed by atoms with van der Waals surface area (Å²) in [6.45, 7) is 0. The summed E-state index contributed by atoms with van der Waals surface area (Å²) >= 11 is 7.30. The minimum absolute atomic E-state index is 0.0592. The van der Waals surface area contributed by atoms with Crippen LogP contribution in [0.3, 0.4) is 0 Å². The van der Waals surface area contributed by atoms with Gasteiger partial charge in [0.15, 0.2) is 0 Å². The third-order valence-electron chi connectivity index (χ3n) is 7.42. The first kappa shape index (κ1) is 35.5. The quantitative estimate of drug-likeness (QED) is 0.0766. The van der Waals surface area contributed by atoms with Crippen molar-refractivity contribution in [2.24, 2.45) is 0 Å². The van der Waals surface area contributed by atoms with Crippen molar-refractivity contribution in [3.8, 4) is 0 Å². The number of anilines is 3. The number of carboxylic acids is 1. The van der Waals surface area contributed by atoms with E-state index in [-0.39, 0.29) is 22.2 Å². The number of rotatable bonds is 12. The zero-order valence-corrected chi connectivity index (χ0v) is 28.7. The number of aromatic carboxylic acids is 1. The molecule has 0 heterocycles. The molecule has 50 heavy (non-hydrogen) atoms. The van der Waals surface area contributed by atoms with Gasteiger partial charge in [0.1, 0.15) is 10.9 Å². The molecule has 0 aliphatic carbocycles. The van der Waals surface area contributed by atoms with Crippen molar-refractivity contribution in [1.29, 1.82) is 0 Å². The average molecular weight is 705 g/mol. The molecule has 0 spiro atoms. The lowest BCUT2D eigenvalue weighted by molar-refractivity contribution is -0.116. The molecule has 5 aromatic carbocycles. The summed E-state index contributed by atoms with van der Waals surface area (Å²) in [5.41, 5.74) is 3.58. The molecule has 0 aliphatic heterocycles. The molecule has 0 aromatic heterocycles. The Morgan fingerprint density at radius 1 is 0.760 bits per heavy atom. The number of hydrogen-bond donors (Lipinski definition) is 4. The molecular formula is C39H33ClN4O5S. The van der Waals surface area contributed by atoms with E-state index in [0.717, 1.165) is 21.7 Å². The molecular weight excluding hydrogens is 672 g/mol. The van der Waals surface area contributed by atoms with Gasteiger partial charge in [0.05, 0.1) is 10.6 Å². The lowest BCUT2D eigenvalue weighted by atomic mass is 10.1. The van der Waals surface area contributed by atoms with Crippen LogP contribution in [0.2, 0.25) is 5.02 Å². The van der Waals surface area contributed by atoms with Crippen LogP contribution in [0.4, 0.5) is 17.1 Å².